The molecular formula is C22H28O4Si. The summed E-state index contributed by atoms with van der Waals surface area (Å²) >= 11 is 0. The normalized spacial score (nSPS) is 21.0. The van der Waals surface area contributed by atoms with Crippen LogP contribution in [0.3, 0.4) is 0 Å². The van der Waals surface area contributed by atoms with Gasteiger partial charge in [-0.15, -0.1) is 0 Å². The third-order valence-corrected chi connectivity index (χ3v) is 10.1. The summed E-state index contributed by atoms with van der Waals surface area (Å²) in [6, 6.07) is 20.7. The summed E-state index contributed by atoms with van der Waals surface area (Å²) in [7, 11) is -2.65. The molecule has 1 aliphatic heterocycles. The Morgan fingerprint density at radius 1 is 1.04 bits per heavy atom. The van der Waals surface area contributed by atoms with Gasteiger partial charge >= 0.3 is 5.97 Å². The van der Waals surface area contributed by atoms with Crippen molar-refractivity contribution in [3.05, 3.63) is 60.7 Å². The molecule has 1 N–H and O–H groups in total. The molecule has 27 heavy (non-hydrogen) atoms. The first-order valence-corrected chi connectivity index (χ1v) is 11.4. The topological polar surface area (TPSA) is 55.8 Å². The Labute approximate surface area is 162 Å². The molecule has 2 aromatic rings. The van der Waals surface area contributed by atoms with Crippen molar-refractivity contribution < 1.29 is 19.1 Å². The van der Waals surface area contributed by atoms with Crippen molar-refractivity contribution in [2.24, 2.45) is 0 Å². The molecule has 0 radical (unpaired) electrons. The van der Waals surface area contributed by atoms with Crippen molar-refractivity contribution in [1.29, 1.82) is 0 Å². The minimum absolute atomic E-state index is 0.0652. The number of carbonyl (C=O) groups is 1. The fraction of sp³-hybridized carbons (Fsp3) is 0.409. The van der Waals surface area contributed by atoms with E-state index in [0.717, 1.165) is 0 Å². The first-order valence-electron chi connectivity index (χ1n) is 9.45. The Kier molecular flexibility index (Phi) is 5.84. The average molecular weight is 385 g/mol. The fourth-order valence-electron chi connectivity index (χ4n) is 3.94. The maximum absolute atomic E-state index is 11.7. The lowest BCUT2D eigenvalue weighted by atomic mass is 10.1. The van der Waals surface area contributed by atoms with Crippen molar-refractivity contribution in [3.8, 4) is 0 Å². The summed E-state index contributed by atoms with van der Waals surface area (Å²) in [5, 5.41) is 12.2. The predicted molar refractivity (Wildman–Crippen MR) is 109 cm³/mol. The van der Waals surface area contributed by atoms with Crippen LogP contribution >= 0.6 is 0 Å². The summed E-state index contributed by atoms with van der Waals surface area (Å²) in [6.07, 6.45) is -0.582. The van der Waals surface area contributed by atoms with E-state index in [1.54, 1.807) is 0 Å². The summed E-state index contributed by atoms with van der Waals surface area (Å²) < 4.78 is 12.2. The van der Waals surface area contributed by atoms with Gasteiger partial charge in [-0.3, -0.25) is 4.79 Å². The highest BCUT2D eigenvalue weighted by atomic mass is 28.4. The van der Waals surface area contributed by atoms with Crippen LogP contribution in [-0.4, -0.2) is 38.2 Å². The zero-order valence-corrected chi connectivity index (χ0v) is 17.2. The highest BCUT2D eigenvalue weighted by Gasteiger charge is 2.50. The van der Waals surface area contributed by atoms with Crippen LogP contribution in [0.5, 0.6) is 0 Å². The van der Waals surface area contributed by atoms with Crippen molar-refractivity contribution in [1.82, 2.24) is 0 Å². The molecule has 0 spiro atoms. The van der Waals surface area contributed by atoms with E-state index in [4.69, 9.17) is 9.16 Å². The highest BCUT2D eigenvalue weighted by Crippen LogP contribution is 2.37. The van der Waals surface area contributed by atoms with Crippen LogP contribution in [0.1, 0.15) is 33.6 Å². The molecule has 0 amide bonds. The lowest BCUT2D eigenvalue weighted by Crippen LogP contribution is -2.67. The number of esters is 1. The van der Waals surface area contributed by atoms with Crippen LogP contribution < -0.4 is 10.4 Å². The van der Waals surface area contributed by atoms with Gasteiger partial charge in [0, 0.05) is 6.42 Å². The van der Waals surface area contributed by atoms with E-state index in [2.05, 4.69) is 45.0 Å². The first kappa shape index (κ1) is 19.8. The van der Waals surface area contributed by atoms with Crippen LogP contribution in [0.25, 0.3) is 0 Å². The summed E-state index contributed by atoms with van der Waals surface area (Å²) in [4.78, 5) is 11.7. The second-order valence-corrected chi connectivity index (χ2v) is 12.5. The number of cyclic esters (lactones) is 1. The lowest BCUT2D eigenvalue weighted by Gasteiger charge is -2.44. The molecule has 0 aromatic heterocycles. The van der Waals surface area contributed by atoms with Crippen LogP contribution in [0.15, 0.2) is 60.7 Å². The number of benzene rings is 2. The van der Waals surface area contributed by atoms with Gasteiger partial charge in [0.15, 0.2) is 0 Å². The fourth-order valence-corrected chi connectivity index (χ4v) is 8.53. The van der Waals surface area contributed by atoms with Gasteiger partial charge in [0.05, 0.1) is 19.1 Å². The van der Waals surface area contributed by atoms with E-state index < -0.39 is 20.5 Å². The maximum Gasteiger partial charge on any atom is 0.308 e. The van der Waals surface area contributed by atoms with Crippen molar-refractivity contribution in [2.45, 2.75) is 50.9 Å². The Hall–Kier alpha value is -1.95. The van der Waals surface area contributed by atoms with E-state index >= 15 is 0 Å². The van der Waals surface area contributed by atoms with Crippen LogP contribution in [0.2, 0.25) is 5.04 Å². The monoisotopic (exact) mass is 384 g/mol. The van der Waals surface area contributed by atoms with Gasteiger partial charge in [-0.25, -0.2) is 0 Å². The van der Waals surface area contributed by atoms with E-state index in [-0.39, 0.29) is 24.0 Å². The highest BCUT2D eigenvalue weighted by molar-refractivity contribution is 6.99. The SMILES string of the molecule is CC(C)(C)[Si](OCC1CC(O)CC(=O)O1)(c1ccccc1)c1ccccc1. The molecule has 1 saturated heterocycles. The third kappa shape index (κ3) is 4.15. The minimum Gasteiger partial charge on any atom is -0.460 e. The molecule has 4 nitrogen and oxygen atoms in total. The van der Waals surface area contributed by atoms with E-state index in [1.807, 2.05) is 36.4 Å². The van der Waals surface area contributed by atoms with Crippen molar-refractivity contribution in [2.75, 3.05) is 6.61 Å². The molecule has 0 bridgehead atoms. The molecule has 2 aromatic carbocycles. The molecule has 0 aliphatic carbocycles. The van der Waals surface area contributed by atoms with E-state index in [1.165, 1.54) is 10.4 Å². The third-order valence-electron chi connectivity index (χ3n) is 5.14. The van der Waals surface area contributed by atoms with Gasteiger partial charge in [0.1, 0.15) is 6.10 Å². The smallest absolute Gasteiger partial charge is 0.308 e. The number of hydrogen-bond acceptors (Lipinski definition) is 4. The Bertz CT molecular complexity index is 715. The van der Waals surface area contributed by atoms with Gasteiger partial charge in [0.25, 0.3) is 8.32 Å². The number of rotatable bonds is 5. The molecule has 1 fully saturated rings. The quantitative estimate of drug-likeness (QED) is 0.636. The van der Waals surface area contributed by atoms with Crippen molar-refractivity contribution >= 4 is 24.7 Å². The molecule has 0 saturated carbocycles. The van der Waals surface area contributed by atoms with E-state index in [9.17, 15) is 9.90 Å². The van der Waals surface area contributed by atoms with Crippen LogP contribution in [-0.2, 0) is 14.0 Å². The zero-order chi connectivity index (χ0) is 19.5. The van der Waals surface area contributed by atoms with Gasteiger partial charge in [-0.1, -0.05) is 81.4 Å². The number of carbonyl (C=O) groups excluding carboxylic acids is 1. The summed E-state index contributed by atoms with van der Waals surface area (Å²) in [6.45, 7) is 6.92. The molecule has 1 aliphatic rings. The summed E-state index contributed by atoms with van der Waals surface area (Å²) in [5.41, 5.74) is 0. The number of ether oxygens (including phenoxy) is 1. The van der Waals surface area contributed by atoms with Crippen molar-refractivity contribution in [3.63, 3.8) is 0 Å². The second kappa shape index (κ2) is 7.96. The lowest BCUT2D eigenvalue weighted by molar-refractivity contribution is -0.162. The first-order chi connectivity index (χ1) is 12.8. The van der Waals surface area contributed by atoms with E-state index in [0.29, 0.717) is 6.42 Å². The number of hydrogen-bond donors (Lipinski definition) is 1. The molecule has 2 atom stereocenters. The van der Waals surface area contributed by atoms with Crippen LogP contribution in [0, 0.1) is 0 Å². The standard InChI is InChI=1S/C22H28O4Si/c1-22(2,3)27(19-10-6-4-7-11-19,20-12-8-5-9-13-20)25-16-18-14-17(23)15-21(24)26-18/h4-13,17-18,23H,14-16H2,1-3H3. The molecule has 3 rings (SSSR count). The predicted octanol–water partition coefficient (Wildman–Crippen LogP) is 2.63. The molecule has 1 heterocycles. The van der Waals surface area contributed by atoms with Gasteiger partial charge in [0.2, 0.25) is 0 Å². The zero-order valence-electron chi connectivity index (χ0n) is 16.2. The van der Waals surface area contributed by atoms with Gasteiger partial charge in [-0.05, 0) is 15.4 Å². The molecule has 2 unspecified atom stereocenters. The summed E-state index contributed by atoms with van der Waals surface area (Å²) in [5.74, 6) is -0.357. The molecule has 5 heteroatoms. The Balaban J connectivity index is 2.00. The second-order valence-electron chi connectivity index (χ2n) is 8.18. The number of aliphatic hydroxyl groups is 1. The Morgan fingerprint density at radius 3 is 2.00 bits per heavy atom. The number of aliphatic hydroxyl groups excluding tert-OH is 1. The van der Waals surface area contributed by atoms with Gasteiger partial charge in [-0.2, -0.15) is 0 Å². The molecular weight excluding hydrogens is 356 g/mol. The largest absolute Gasteiger partial charge is 0.460 e. The van der Waals surface area contributed by atoms with Gasteiger partial charge < -0.3 is 14.3 Å². The molecule has 144 valence electrons. The van der Waals surface area contributed by atoms with Crippen LogP contribution in [0.4, 0.5) is 0 Å². The average Bonchev–Trinajstić information content (AvgIpc) is 2.62. The Morgan fingerprint density at radius 2 is 1.56 bits per heavy atom. The minimum atomic E-state index is -2.65. The maximum atomic E-state index is 11.7.